The highest BCUT2D eigenvalue weighted by Crippen LogP contribution is 2.36. The van der Waals surface area contributed by atoms with Crippen LogP contribution in [0.5, 0.6) is 11.5 Å². The molecule has 2 aromatic heterocycles. The van der Waals surface area contributed by atoms with Crippen LogP contribution < -0.4 is 4.74 Å². The van der Waals surface area contributed by atoms with Crippen LogP contribution in [0, 0.1) is 0 Å². The van der Waals surface area contributed by atoms with E-state index in [4.69, 9.17) is 4.74 Å². The molecule has 0 spiro atoms. The predicted molar refractivity (Wildman–Crippen MR) is 148 cm³/mol. The summed E-state index contributed by atoms with van der Waals surface area (Å²) in [5.74, 6) is 0.859. The molecule has 1 aliphatic rings. The van der Waals surface area contributed by atoms with Crippen molar-refractivity contribution in [3.05, 3.63) is 90.9 Å². The first kappa shape index (κ1) is 24.2. The summed E-state index contributed by atoms with van der Waals surface area (Å²) in [4.78, 5) is 11.4. The van der Waals surface area contributed by atoms with Crippen molar-refractivity contribution in [1.82, 2.24) is 19.4 Å². The second-order valence-corrected chi connectivity index (χ2v) is 9.74. The van der Waals surface area contributed by atoms with Crippen molar-refractivity contribution in [2.24, 2.45) is 0 Å². The van der Waals surface area contributed by atoms with Gasteiger partial charge in [-0.2, -0.15) is 0 Å². The quantitative estimate of drug-likeness (QED) is 0.320. The Labute approximate surface area is 221 Å². The van der Waals surface area contributed by atoms with Gasteiger partial charge >= 0.3 is 0 Å². The Morgan fingerprint density at radius 1 is 0.895 bits per heavy atom. The van der Waals surface area contributed by atoms with Crippen LogP contribution in [0.25, 0.3) is 39.1 Å². The minimum Gasteiger partial charge on any atom is -0.504 e. The van der Waals surface area contributed by atoms with Crippen LogP contribution in [-0.4, -0.2) is 56.0 Å². The summed E-state index contributed by atoms with van der Waals surface area (Å²) < 4.78 is 7.13. The van der Waals surface area contributed by atoms with E-state index in [2.05, 4.69) is 51.3 Å². The zero-order valence-electron chi connectivity index (χ0n) is 21.3. The summed E-state index contributed by atoms with van der Waals surface area (Å²) in [5.41, 5.74) is 7.02. The Bertz CT molecular complexity index is 1550. The lowest BCUT2D eigenvalue weighted by molar-refractivity contribution is 0.0793. The molecule has 6 rings (SSSR count). The number of aliphatic hydroxyl groups is 1. The number of nitrogens with zero attached hydrogens (tertiary/aromatic N) is 4. The summed E-state index contributed by atoms with van der Waals surface area (Å²) in [7, 11) is 1.63. The van der Waals surface area contributed by atoms with E-state index < -0.39 is 0 Å². The molecule has 2 N–H and O–H groups in total. The number of aromatic nitrogens is 3. The molecule has 0 bridgehead atoms. The standard InChI is InChI=1S/C31H30N4O3/c1-38-26-12-10-24(11-13-26)35-20-33-28-18-32-29(31(37)30(28)35)22-8-6-21(7-9-22)27-5-3-2-4-23(27)19-34-16-14-25(36)15-17-34/h2-13,18,20,25,36-37H,14-17,19H2,1H3. The number of hydrogen-bond acceptors (Lipinski definition) is 6. The number of methoxy groups -OCH3 is 1. The van der Waals surface area contributed by atoms with Crippen molar-refractivity contribution in [2.75, 3.05) is 20.2 Å². The molecule has 1 saturated heterocycles. The molecule has 0 atom stereocenters. The minimum atomic E-state index is -0.173. The lowest BCUT2D eigenvalue weighted by Gasteiger charge is -2.30. The lowest BCUT2D eigenvalue weighted by Crippen LogP contribution is -2.35. The molecular weight excluding hydrogens is 476 g/mol. The Kier molecular flexibility index (Phi) is 6.54. The third-order valence-corrected chi connectivity index (χ3v) is 7.35. The maximum Gasteiger partial charge on any atom is 0.168 e. The van der Waals surface area contributed by atoms with Crippen molar-refractivity contribution < 1.29 is 14.9 Å². The van der Waals surface area contributed by atoms with Crippen LogP contribution in [0.4, 0.5) is 0 Å². The van der Waals surface area contributed by atoms with Crippen molar-refractivity contribution in [2.45, 2.75) is 25.5 Å². The van der Waals surface area contributed by atoms with Gasteiger partial charge in [0.05, 0.1) is 19.4 Å². The first-order valence-electron chi connectivity index (χ1n) is 12.9. The number of fused-ring (bicyclic) bond motifs is 1. The van der Waals surface area contributed by atoms with Crippen LogP contribution >= 0.6 is 0 Å². The fourth-order valence-electron chi connectivity index (χ4n) is 5.21. The van der Waals surface area contributed by atoms with E-state index in [0.29, 0.717) is 16.7 Å². The van der Waals surface area contributed by atoms with Gasteiger partial charge in [0.15, 0.2) is 5.75 Å². The van der Waals surface area contributed by atoms with Gasteiger partial charge in [-0.15, -0.1) is 0 Å². The summed E-state index contributed by atoms with van der Waals surface area (Å²) in [6, 6.07) is 24.3. The fraction of sp³-hybridized carbons (Fsp3) is 0.226. The van der Waals surface area contributed by atoms with Gasteiger partial charge in [0.25, 0.3) is 0 Å². The molecule has 38 heavy (non-hydrogen) atoms. The number of aliphatic hydroxyl groups excluding tert-OH is 1. The lowest BCUT2D eigenvalue weighted by atomic mass is 9.97. The highest BCUT2D eigenvalue weighted by Gasteiger charge is 2.19. The molecule has 0 radical (unpaired) electrons. The van der Waals surface area contributed by atoms with E-state index >= 15 is 0 Å². The summed E-state index contributed by atoms with van der Waals surface area (Å²) >= 11 is 0. The van der Waals surface area contributed by atoms with Gasteiger partial charge in [-0.05, 0) is 53.8 Å². The zero-order chi connectivity index (χ0) is 26.1. The van der Waals surface area contributed by atoms with Gasteiger partial charge in [0, 0.05) is 30.9 Å². The highest BCUT2D eigenvalue weighted by atomic mass is 16.5. The van der Waals surface area contributed by atoms with Gasteiger partial charge in [-0.3, -0.25) is 9.47 Å². The fourth-order valence-corrected chi connectivity index (χ4v) is 5.21. The van der Waals surface area contributed by atoms with E-state index in [0.717, 1.165) is 55.0 Å². The normalized spacial score (nSPS) is 14.7. The van der Waals surface area contributed by atoms with Gasteiger partial charge in [0.2, 0.25) is 0 Å². The van der Waals surface area contributed by atoms with Crippen LogP contribution in [0.1, 0.15) is 18.4 Å². The maximum absolute atomic E-state index is 11.3. The second-order valence-electron chi connectivity index (χ2n) is 9.74. The zero-order valence-corrected chi connectivity index (χ0v) is 21.3. The van der Waals surface area contributed by atoms with Crippen molar-refractivity contribution in [3.8, 4) is 39.6 Å². The molecule has 7 heteroatoms. The monoisotopic (exact) mass is 506 g/mol. The Morgan fingerprint density at radius 3 is 2.34 bits per heavy atom. The number of ether oxygens (including phenoxy) is 1. The average molecular weight is 507 g/mol. The number of benzene rings is 3. The number of likely N-dealkylation sites (tertiary alicyclic amines) is 1. The summed E-state index contributed by atoms with van der Waals surface area (Å²) in [6.07, 6.45) is 4.88. The van der Waals surface area contributed by atoms with Crippen LogP contribution in [0.15, 0.2) is 85.3 Å². The van der Waals surface area contributed by atoms with E-state index in [1.165, 1.54) is 11.1 Å². The number of piperidine rings is 1. The highest BCUT2D eigenvalue weighted by molar-refractivity contribution is 5.89. The molecule has 0 unspecified atom stereocenters. The molecule has 0 amide bonds. The molecule has 3 aromatic carbocycles. The number of hydrogen-bond donors (Lipinski definition) is 2. The summed E-state index contributed by atoms with van der Waals surface area (Å²) in [6.45, 7) is 2.68. The molecule has 1 aliphatic heterocycles. The second kappa shape index (κ2) is 10.3. The van der Waals surface area contributed by atoms with Gasteiger partial charge < -0.3 is 14.9 Å². The third-order valence-electron chi connectivity index (χ3n) is 7.35. The van der Waals surface area contributed by atoms with Crippen LogP contribution in [0.2, 0.25) is 0 Å². The van der Waals surface area contributed by atoms with Crippen LogP contribution in [0.3, 0.4) is 0 Å². The molecule has 3 heterocycles. The molecule has 7 nitrogen and oxygen atoms in total. The number of imidazole rings is 1. The Morgan fingerprint density at radius 2 is 1.61 bits per heavy atom. The molecule has 5 aromatic rings. The van der Waals surface area contributed by atoms with Crippen LogP contribution in [-0.2, 0) is 6.54 Å². The van der Waals surface area contributed by atoms with Gasteiger partial charge in [-0.25, -0.2) is 9.97 Å². The molecule has 1 fully saturated rings. The number of rotatable bonds is 6. The third kappa shape index (κ3) is 4.62. The molecule has 0 aliphatic carbocycles. The van der Waals surface area contributed by atoms with E-state index in [9.17, 15) is 10.2 Å². The molecule has 192 valence electrons. The maximum atomic E-state index is 11.3. The van der Waals surface area contributed by atoms with E-state index in [1.54, 1.807) is 19.6 Å². The SMILES string of the molecule is COc1ccc(-n2cnc3cnc(-c4ccc(-c5ccccc5CN5CCC(O)CC5)cc4)c(O)c32)cc1. The smallest absolute Gasteiger partial charge is 0.168 e. The van der Waals surface area contributed by atoms with Gasteiger partial charge in [0.1, 0.15) is 28.8 Å². The number of pyridine rings is 1. The summed E-state index contributed by atoms with van der Waals surface area (Å²) in [5, 5.41) is 21.1. The molecule has 0 saturated carbocycles. The van der Waals surface area contributed by atoms with E-state index in [1.807, 2.05) is 41.0 Å². The van der Waals surface area contributed by atoms with Gasteiger partial charge in [-0.1, -0.05) is 48.5 Å². The van der Waals surface area contributed by atoms with Crippen molar-refractivity contribution in [3.63, 3.8) is 0 Å². The van der Waals surface area contributed by atoms with Crippen molar-refractivity contribution in [1.29, 1.82) is 0 Å². The average Bonchev–Trinajstić information content (AvgIpc) is 3.40. The minimum absolute atomic E-state index is 0.0938. The topological polar surface area (TPSA) is 83.6 Å². The number of aromatic hydroxyl groups is 1. The molecular formula is C31H30N4O3. The predicted octanol–water partition coefficient (Wildman–Crippen LogP) is 5.43. The van der Waals surface area contributed by atoms with E-state index in [-0.39, 0.29) is 11.9 Å². The van der Waals surface area contributed by atoms with Crippen molar-refractivity contribution >= 4 is 11.0 Å². The Hall–Kier alpha value is -4.20. The largest absolute Gasteiger partial charge is 0.504 e. The first-order chi connectivity index (χ1) is 18.6. The Balaban J connectivity index is 1.30. The first-order valence-corrected chi connectivity index (χ1v) is 12.9.